The van der Waals surface area contributed by atoms with Crippen LogP contribution in [0.4, 0.5) is 5.69 Å². The van der Waals surface area contributed by atoms with Gasteiger partial charge < -0.3 is 30.2 Å². The number of carbonyl (C=O) groups is 1. The molecule has 1 saturated heterocycles. The topological polar surface area (TPSA) is 140 Å². The minimum atomic E-state index is -1.82. The van der Waals surface area contributed by atoms with Gasteiger partial charge in [0.1, 0.15) is 5.76 Å². The lowest BCUT2D eigenvalue weighted by atomic mass is 10.1. The first-order valence-corrected chi connectivity index (χ1v) is 12.3. The van der Waals surface area contributed by atoms with E-state index in [1.807, 2.05) is 13.0 Å². The zero-order valence-electron chi connectivity index (χ0n) is 19.3. The third-order valence-corrected chi connectivity index (χ3v) is 6.58. The SMILES string of the molecule is CCC(NC1=NS(=O)N=C1Nc1cccc(C(=O)N2CC[C@@H](O)C2)c1O)c1cc(C(C)C)co1. The van der Waals surface area contributed by atoms with Crippen LogP contribution in [0, 0.1) is 0 Å². The molecule has 1 amide bonds. The number of phenolic OH excluding ortho intramolecular Hbond substituents is 1. The molecule has 0 radical (unpaired) electrons. The molecule has 2 unspecified atom stereocenters. The number of anilines is 1. The van der Waals surface area contributed by atoms with Crippen molar-refractivity contribution in [1.82, 2.24) is 10.2 Å². The minimum Gasteiger partial charge on any atom is -0.505 e. The van der Waals surface area contributed by atoms with E-state index < -0.39 is 17.3 Å². The second-order valence-corrected chi connectivity index (χ2v) is 9.50. The van der Waals surface area contributed by atoms with Crippen LogP contribution in [0.3, 0.4) is 0 Å². The Morgan fingerprint density at radius 1 is 1.32 bits per heavy atom. The Kier molecular flexibility index (Phi) is 7.03. The predicted octanol–water partition coefficient (Wildman–Crippen LogP) is 2.86. The smallest absolute Gasteiger partial charge is 0.269 e. The van der Waals surface area contributed by atoms with E-state index in [1.165, 1.54) is 11.0 Å². The molecule has 1 aromatic heterocycles. The van der Waals surface area contributed by atoms with Crippen LogP contribution in [-0.4, -0.2) is 56.1 Å². The summed E-state index contributed by atoms with van der Waals surface area (Å²) in [6.07, 6.45) is 2.36. The Hall–Kier alpha value is -3.18. The van der Waals surface area contributed by atoms with Crippen LogP contribution in [0.25, 0.3) is 0 Å². The Morgan fingerprint density at radius 2 is 2.09 bits per heavy atom. The number of aliphatic hydroxyl groups is 1. The molecule has 1 fully saturated rings. The maximum absolute atomic E-state index is 12.8. The Morgan fingerprint density at radius 3 is 2.74 bits per heavy atom. The fourth-order valence-electron chi connectivity index (χ4n) is 3.87. The van der Waals surface area contributed by atoms with E-state index in [0.29, 0.717) is 25.3 Å². The zero-order valence-corrected chi connectivity index (χ0v) is 20.1. The van der Waals surface area contributed by atoms with Crippen LogP contribution < -0.4 is 10.6 Å². The average Bonchev–Trinajstić information content (AvgIpc) is 3.53. The van der Waals surface area contributed by atoms with Crippen molar-refractivity contribution in [2.24, 2.45) is 8.80 Å². The minimum absolute atomic E-state index is 0.105. The molecular formula is C23H29N5O5S. The van der Waals surface area contributed by atoms with Crippen LogP contribution in [0.2, 0.25) is 0 Å². The molecule has 0 saturated carbocycles. The second-order valence-electron chi connectivity index (χ2n) is 8.67. The number of para-hydroxylation sites is 1. The van der Waals surface area contributed by atoms with Gasteiger partial charge in [0.05, 0.1) is 29.7 Å². The van der Waals surface area contributed by atoms with Gasteiger partial charge in [0, 0.05) is 13.1 Å². The van der Waals surface area contributed by atoms with Crippen LogP contribution in [0.15, 0.2) is 43.7 Å². The van der Waals surface area contributed by atoms with E-state index in [1.54, 1.807) is 18.4 Å². The zero-order chi connectivity index (χ0) is 24.4. The second kappa shape index (κ2) is 9.98. The molecule has 0 aliphatic carbocycles. The van der Waals surface area contributed by atoms with Crippen molar-refractivity contribution < 1.29 is 23.6 Å². The normalized spacial score (nSPS) is 20.9. The van der Waals surface area contributed by atoms with Gasteiger partial charge in [0.25, 0.3) is 17.1 Å². The summed E-state index contributed by atoms with van der Waals surface area (Å²) in [5, 5.41) is 26.7. The molecule has 182 valence electrons. The summed E-state index contributed by atoms with van der Waals surface area (Å²) >= 11 is -1.82. The molecule has 1 aromatic carbocycles. The number of carbonyl (C=O) groups excluding carboxylic acids is 1. The summed E-state index contributed by atoms with van der Waals surface area (Å²) in [7, 11) is 0. The average molecular weight is 488 g/mol. The first-order chi connectivity index (χ1) is 16.3. The number of hydrogen-bond donors (Lipinski definition) is 4. The lowest BCUT2D eigenvalue weighted by molar-refractivity contribution is 0.0762. The van der Waals surface area contributed by atoms with Gasteiger partial charge in [0.2, 0.25) is 0 Å². The molecule has 34 heavy (non-hydrogen) atoms. The van der Waals surface area contributed by atoms with Gasteiger partial charge in [-0.1, -0.05) is 26.8 Å². The molecule has 4 rings (SSSR count). The van der Waals surface area contributed by atoms with Crippen LogP contribution >= 0.6 is 0 Å². The maximum atomic E-state index is 12.8. The van der Waals surface area contributed by atoms with E-state index in [9.17, 15) is 19.2 Å². The van der Waals surface area contributed by atoms with Gasteiger partial charge in [0.15, 0.2) is 17.4 Å². The number of rotatable bonds is 6. The fraction of sp³-hybridized carbons (Fsp3) is 0.435. The summed E-state index contributed by atoms with van der Waals surface area (Å²) in [5.41, 5.74) is 1.41. The molecule has 3 atom stereocenters. The number of amidine groups is 2. The number of likely N-dealkylation sites (tertiary alicyclic amines) is 1. The molecule has 10 nitrogen and oxygen atoms in total. The highest BCUT2D eigenvalue weighted by Crippen LogP contribution is 2.30. The van der Waals surface area contributed by atoms with Gasteiger partial charge in [-0.15, -0.1) is 8.80 Å². The molecule has 4 N–H and O–H groups in total. The lowest BCUT2D eigenvalue weighted by Gasteiger charge is -2.19. The number of nitrogens with zero attached hydrogens (tertiary/aromatic N) is 3. The Labute approximate surface area is 200 Å². The first-order valence-electron chi connectivity index (χ1n) is 11.3. The van der Waals surface area contributed by atoms with Gasteiger partial charge in [-0.3, -0.25) is 4.79 Å². The number of nitrogens with one attached hydrogen (secondary N) is 2. The summed E-state index contributed by atoms with van der Waals surface area (Å²) in [4.78, 5) is 14.3. The third-order valence-electron chi connectivity index (χ3n) is 5.90. The Bertz CT molecular complexity index is 1160. The number of amides is 1. The van der Waals surface area contributed by atoms with Crippen LogP contribution in [0.1, 0.15) is 67.3 Å². The molecule has 3 heterocycles. The number of benzene rings is 1. The van der Waals surface area contributed by atoms with Gasteiger partial charge >= 0.3 is 0 Å². The van der Waals surface area contributed by atoms with Crippen molar-refractivity contribution in [2.45, 2.75) is 51.7 Å². The lowest BCUT2D eigenvalue weighted by Crippen LogP contribution is -2.36. The molecule has 2 aliphatic heterocycles. The molecule has 2 aromatic rings. The summed E-state index contributed by atoms with van der Waals surface area (Å²) < 4.78 is 25.9. The number of furan rings is 1. The monoisotopic (exact) mass is 487 g/mol. The highest BCUT2D eigenvalue weighted by atomic mass is 32.2. The van der Waals surface area contributed by atoms with Gasteiger partial charge in [-0.2, -0.15) is 0 Å². The first kappa shape index (κ1) is 24.0. The van der Waals surface area contributed by atoms with E-state index in [0.717, 1.165) is 11.3 Å². The van der Waals surface area contributed by atoms with Crippen molar-refractivity contribution in [2.75, 3.05) is 18.4 Å². The number of hydrogen-bond acceptors (Lipinski definition) is 7. The standard InChI is InChI=1S/C23H29N5O5S/c1-4-17(19-10-14(12-33-19)13(2)3)24-21-22(27-34(32)26-21)25-18-7-5-6-16(20(18)30)23(31)28-9-8-15(29)11-28/h5-7,10,12-13,15,17,29-30H,4,8-9,11H2,1-3H3,(H,24,26)(H,25,27)/t15-,17?,34?/m1/s1. The molecule has 2 aliphatic rings. The van der Waals surface area contributed by atoms with E-state index >= 15 is 0 Å². The summed E-state index contributed by atoms with van der Waals surface area (Å²) in [6, 6.07) is 6.50. The number of aliphatic hydroxyl groups excluding tert-OH is 1. The highest BCUT2D eigenvalue weighted by molar-refractivity contribution is 7.83. The highest BCUT2D eigenvalue weighted by Gasteiger charge is 2.29. The maximum Gasteiger partial charge on any atom is 0.269 e. The largest absolute Gasteiger partial charge is 0.505 e. The number of phenols is 1. The van der Waals surface area contributed by atoms with E-state index in [2.05, 4.69) is 33.3 Å². The molecular weight excluding hydrogens is 458 g/mol. The summed E-state index contributed by atoms with van der Waals surface area (Å²) in [6.45, 7) is 6.81. The van der Waals surface area contributed by atoms with Gasteiger partial charge in [-0.05, 0) is 42.5 Å². The van der Waals surface area contributed by atoms with Crippen LogP contribution in [-0.2, 0) is 11.2 Å². The van der Waals surface area contributed by atoms with Crippen molar-refractivity contribution in [3.05, 3.63) is 47.4 Å². The quantitative estimate of drug-likeness (QED) is 0.459. The third kappa shape index (κ3) is 5.00. The number of β-amino-alcohol motifs (C(OH)–C–C–N with tert-alkyl or cyclic N) is 1. The van der Waals surface area contributed by atoms with Crippen LogP contribution in [0.5, 0.6) is 5.75 Å². The molecule has 0 bridgehead atoms. The van der Waals surface area contributed by atoms with Crippen molar-refractivity contribution >= 4 is 34.4 Å². The Balaban J connectivity index is 1.52. The van der Waals surface area contributed by atoms with Crippen molar-refractivity contribution in [3.63, 3.8) is 0 Å². The molecule has 11 heteroatoms. The summed E-state index contributed by atoms with van der Waals surface area (Å²) in [5.74, 6) is 0.885. The van der Waals surface area contributed by atoms with Crippen molar-refractivity contribution in [3.8, 4) is 5.75 Å². The predicted molar refractivity (Wildman–Crippen MR) is 130 cm³/mol. The van der Waals surface area contributed by atoms with E-state index in [-0.39, 0.29) is 47.2 Å². The molecule has 0 spiro atoms. The van der Waals surface area contributed by atoms with E-state index in [4.69, 9.17) is 4.42 Å². The van der Waals surface area contributed by atoms with Gasteiger partial charge in [-0.25, -0.2) is 4.21 Å². The fourth-order valence-corrected chi connectivity index (χ4v) is 4.50. The van der Waals surface area contributed by atoms with Crippen molar-refractivity contribution in [1.29, 1.82) is 0 Å². The number of aromatic hydroxyl groups is 1.